The summed E-state index contributed by atoms with van der Waals surface area (Å²) in [4.78, 5) is 0. The lowest BCUT2D eigenvalue weighted by molar-refractivity contribution is 0.603. The molecular weight excluding hydrogens is 194 g/mol. The molecule has 0 fully saturated rings. The molecule has 0 aromatic heterocycles. The Labute approximate surface area is 102 Å². The molecule has 0 aliphatic carbocycles. The van der Waals surface area contributed by atoms with E-state index in [1.165, 1.54) is 63.4 Å². The van der Waals surface area contributed by atoms with Crippen molar-refractivity contribution in [1.82, 2.24) is 0 Å². The fourth-order valence-electron chi connectivity index (χ4n) is 2.16. The molecule has 0 saturated heterocycles. The molecule has 0 aromatic rings. The number of unbranched alkanes of at least 4 members (excludes halogenated alkanes) is 5. The first kappa shape index (κ1) is 15.7. The van der Waals surface area contributed by atoms with Crippen LogP contribution in [-0.4, -0.2) is 6.54 Å². The van der Waals surface area contributed by atoms with E-state index in [1.807, 2.05) is 0 Å². The first-order valence-electron chi connectivity index (χ1n) is 7.13. The highest BCUT2D eigenvalue weighted by atomic mass is 14.5. The molecule has 0 bridgehead atoms. The number of rotatable bonds is 10. The third-order valence-electron chi connectivity index (χ3n) is 3.31. The molecule has 16 heavy (non-hydrogen) atoms. The smallest absolute Gasteiger partial charge is 0.0139 e. The van der Waals surface area contributed by atoms with Crippen LogP contribution in [0.2, 0.25) is 0 Å². The summed E-state index contributed by atoms with van der Waals surface area (Å²) in [6.07, 6.45) is 11.9. The molecule has 0 radical (unpaired) electrons. The summed E-state index contributed by atoms with van der Waals surface area (Å²) in [5.74, 6) is 0. The Morgan fingerprint density at radius 3 is 2.00 bits per heavy atom. The quantitative estimate of drug-likeness (QED) is 0.419. The zero-order chi connectivity index (χ0) is 12.2. The molecule has 0 aliphatic heterocycles. The molecule has 96 valence electrons. The number of hydrogen-bond acceptors (Lipinski definition) is 1. The fourth-order valence-corrected chi connectivity index (χ4v) is 2.16. The topological polar surface area (TPSA) is 26.0 Å². The molecule has 0 amide bonds. The Balaban J connectivity index is 3.66. The van der Waals surface area contributed by atoms with Crippen LogP contribution in [0.3, 0.4) is 0 Å². The Morgan fingerprint density at radius 2 is 1.44 bits per heavy atom. The van der Waals surface area contributed by atoms with Crippen molar-refractivity contribution in [2.45, 2.75) is 78.6 Å². The largest absolute Gasteiger partial charge is 0.327 e. The molecule has 0 aliphatic rings. The summed E-state index contributed by atoms with van der Waals surface area (Å²) >= 11 is 0. The molecule has 0 rings (SSSR count). The molecule has 0 atom stereocenters. The van der Waals surface area contributed by atoms with E-state index >= 15 is 0 Å². The Morgan fingerprint density at radius 1 is 0.812 bits per heavy atom. The Hall–Kier alpha value is -0.300. The lowest BCUT2D eigenvalue weighted by Gasteiger charge is -2.09. The third kappa shape index (κ3) is 7.92. The second kappa shape index (κ2) is 11.2. The van der Waals surface area contributed by atoms with Crippen molar-refractivity contribution in [2.24, 2.45) is 5.73 Å². The van der Waals surface area contributed by atoms with Crippen LogP contribution < -0.4 is 5.73 Å². The van der Waals surface area contributed by atoms with Crippen molar-refractivity contribution in [3.05, 3.63) is 11.1 Å². The van der Waals surface area contributed by atoms with Gasteiger partial charge in [-0.1, -0.05) is 63.5 Å². The minimum Gasteiger partial charge on any atom is -0.327 e. The highest BCUT2D eigenvalue weighted by Crippen LogP contribution is 2.17. The molecule has 1 nitrogen and oxygen atoms in total. The molecule has 0 unspecified atom stereocenters. The summed E-state index contributed by atoms with van der Waals surface area (Å²) < 4.78 is 0. The van der Waals surface area contributed by atoms with Gasteiger partial charge in [0.2, 0.25) is 0 Å². The lowest BCUT2D eigenvalue weighted by Crippen LogP contribution is -2.05. The SMILES string of the molecule is CCCCCCCCC(CN)=C(C)CCC. The van der Waals surface area contributed by atoms with Gasteiger partial charge in [0.25, 0.3) is 0 Å². The van der Waals surface area contributed by atoms with Crippen molar-refractivity contribution in [3.63, 3.8) is 0 Å². The summed E-state index contributed by atoms with van der Waals surface area (Å²) in [6.45, 7) is 7.52. The molecule has 0 spiro atoms. The number of allylic oxidation sites excluding steroid dienone is 1. The fraction of sp³-hybridized carbons (Fsp3) is 0.867. The second-order valence-electron chi connectivity index (χ2n) is 4.86. The zero-order valence-electron chi connectivity index (χ0n) is 11.6. The Kier molecular flexibility index (Phi) is 11.0. The van der Waals surface area contributed by atoms with Gasteiger partial charge in [-0.05, 0) is 26.2 Å². The Bertz CT molecular complexity index is 182. The van der Waals surface area contributed by atoms with Crippen molar-refractivity contribution in [2.75, 3.05) is 6.54 Å². The summed E-state index contributed by atoms with van der Waals surface area (Å²) in [7, 11) is 0. The van der Waals surface area contributed by atoms with Gasteiger partial charge in [0.15, 0.2) is 0 Å². The van der Waals surface area contributed by atoms with Crippen LogP contribution in [0.4, 0.5) is 0 Å². The first-order chi connectivity index (χ1) is 7.76. The van der Waals surface area contributed by atoms with Crippen LogP contribution >= 0.6 is 0 Å². The average molecular weight is 225 g/mol. The van der Waals surface area contributed by atoms with Crippen molar-refractivity contribution < 1.29 is 0 Å². The standard InChI is InChI=1S/C15H31N/c1-4-6-7-8-9-10-12-15(13-16)14(3)11-5-2/h4-13,16H2,1-3H3. The van der Waals surface area contributed by atoms with Gasteiger partial charge in [-0.3, -0.25) is 0 Å². The van der Waals surface area contributed by atoms with E-state index in [0.717, 1.165) is 6.54 Å². The molecule has 2 N–H and O–H groups in total. The van der Waals surface area contributed by atoms with Gasteiger partial charge in [0, 0.05) is 6.54 Å². The van der Waals surface area contributed by atoms with E-state index in [-0.39, 0.29) is 0 Å². The minimum absolute atomic E-state index is 0.765. The van der Waals surface area contributed by atoms with Gasteiger partial charge >= 0.3 is 0 Å². The highest BCUT2D eigenvalue weighted by molar-refractivity contribution is 5.13. The monoisotopic (exact) mass is 225 g/mol. The van der Waals surface area contributed by atoms with Crippen LogP contribution in [0.15, 0.2) is 11.1 Å². The molecule has 0 heterocycles. The maximum Gasteiger partial charge on any atom is 0.0139 e. The second-order valence-corrected chi connectivity index (χ2v) is 4.86. The zero-order valence-corrected chi connectivity index (χ0v) is 11.6. The average Bonchev–Trinajstić information content (AvgIpc) is 2.28. The number of nitrogens with two attached hydrogens (primary N) is 1. The number of hydrogen-bond donors (Lipinski definition) is 1. The van der Waals surface area contributed by atoms with E-state index in [0.29, 0.717) is 0 Å². The van der Waals surface area contributed by atoms with E-state index in [2.05, 4.69) is 20.8 Å². The maximum atomic E-state index is 5.81. The predicted octanol–water partition coefficient (Wildman–Crippen LogP) is 4.81. The first-order valence-corrected chi connectivity index (χ1v) is 7.13. The maximum absolute atomic E-state index is 5.81. The highest BCUT2D eigenvalue weighted by Gasteiger charge is 2.00. The lowest BCUT2D eigenvalue weighted by atomic mass is 9.99. The molecule has 1 heteroatoms. The van der Waals surface area contributed by atoms with Crippen LogP contribution in [0.25, 0.3) is 0 Å². The summed E-state index contributed by atoms with van der Waals surface area (Å²) in [5.41, 5.74) is 8.86. The third-order valence-corrected chi connectivity index (χ3v) is 3.31. The van der Waals surface area contributed by atoms with Crippen LogP contribution in [0.5, 0.6) is 0 Å². The van der Waals surface area contributed by atoms with Gasteiger partial charge in [-0.15, -0.1) is 0 Å². The summed E-state index contributed by atoms with van der Waals surface area (Å²) in [5, 5.41) is 0. The van der Waals surface area contributed by atoms with E-state index in [9.17, 15) is 0 Å². The minimum atomic E-state index is 0.765. The van der Waals surface area contributed by atoms with Crippen molar-refractivity contribution in [1.29, 1.82) is 0 Å². The van der Waals surface area contributed by atoms with Gasteiger partial charge in [-0.25, -0.2) is 0 Å². The van der Waals surface area contributed by atoms with Crippen LogP contribution in [0, 0.1) is 0 Å². The van der Waals surface area contributed by atoms with Crippen molar-refractivity contribution >= 4 is 0 Å². The van der Waals surface area contributed by atoms with Gasteiger partial charge < -0.3 is 5.73 Å². The van der Waals surface area contributed by atoms with E-state index in [4.69, 9.17) is 5.73 Å². The predicted molar refractivity (Wildman–Crippen MR) is 74.7 cm³/mol. The summed E-state index contributed by atoms with van der Waals surface area (Å²) in [6, 6.07) is 0. The van der Waals surface area contributed by atoms with Gasteiger partial charge in [0.05, 0.1) is 0 Å². The normalized spacial score (nSPS) is 12.8. The van der Waals surface area contributed by atoms with Gasteiger partial charge in [-0.2, -0.15) is 0 Å². The van der Waals surface area contributed by atoms with Gasteiger partial charge in [0.1, 0.15) is 0 Å². The van der Waals surface area contributed by atoms with Crippen LogP contribution in [0.1, 0.15) is 78.6 Å². The van der Waals surface area contributed by atoms with E-state index in [1.54, 1.807) is 5.57 Å². The molecule has 0 saturated carbocycles. The molecular formula is C15H31N. The van der Waals surface area contributed by atoms with E-state index < -0.39 is 0 Å². The molecule has 0 aromatic carbocycles. The van der Waals surface area contributed by atoms with Crippen LogP contribution in [-0.2, 0) is 0 Å². The van der Waals surface area contributed by atoms with Crippen molar-refractivity contribution in [3.8, 4) is 0 Å².